The number of benzene rings is 1. The van der Waals surface area contributed by atoms with E-state index in [2.05, 4.69) is 0 Å². The van der Waals surface area contributed by atoms with E-state index in [-0.39, 0.29) is 0 Å². The van der Waals surface area contributed by atoms with Crippen molar-refractivity contribution in [1.29, 1.82) is 5.26 Å². The molecule has 1 aromatic rings. The number of nitrogens with zero attached hydrogens (tertiary/aromatic N) is 1. The van der Waals surface area contributed by atoms with Gasteiger partial charge in [-0.05, 0) is 19.1 Å². The van der Waals surface area contributed by atoms with Crippen molar-refractivity contribution in [2.24, 2.45) is 5.73 Å². The molecule has 5 heteroatoms. The van der Waals surface area contributed by atoms with Crippen LogP contribution < -0.4 is 19.9 Å². The van der Waals surface area contributed by atoms with Crippen molar-refractivity contribution in [2.45, 2.75) is 18.9 Å². The third-order valence-electron chi connectivity index (χ3n) is 2.51. The number of para-hydroxylation sites is 1. The summed E-state index contributed by atoms with van der Waals surface area (Å²) in [6.07, 6.45) is 0.421. The average molecular weight is 250 g/mol. The molecule has 5 nitrogen and oxygen atoms in total. The van der Waals surface area contributed by atoms with Gasteiger partial charge in [0.25, 0.3) is 0 Å². The van der Waals surface area contributed by atoms with E-state index < -0.39 is 5.54 Å². The van der Waals surface area contributed by atoms with Crippen molar-refractivity contribution in [1.82, 2.24) is 0 Å². The summed E-state index contributed by atoms with van der Waals surface area (Å²) >= 11 is 0. The van der Waals surface area contributed by atoms with E-state index in [1.165, 1.54) is 0 Å². The molecule has 0 radical (unpaired) electrons. The van der Waals surface area contributed by atoms with Crippen LogP contribution in [0.15, 0.2) is 18.2 Å². The molecule has 1 unspecified atom stereocenters. The van der Waals surface area contributed by atoms with Gasteiger partial charge in [-0.25, -0.2) is 0 Å². The molecule has 1 atom stereocenters. The largest absolute Gasteiger partial charge is 0.493 e. The summed E-state index contributed by atoms with van der Waals surface area (Å²) in [4.78, 5) is 0. The van der Waals surface area contributed by atoms with Gasteiger partial charge in [0, 0.05) is 6.42 Å². The highest BCUT2D eigenvalue weighted by Gasteiger charge is 2.18. The molecule has 0 fully saturated rings. The number of hydrogen-bond donors (Lipinski definition) is 1. The molecule has 18 heavy (non-hydrogen) atoms. The van der Waals surface area contributed by atoms with Gasteiger partial charge in [0.05, 0.1) is 26.9 Å². The minimum atomic E-state index is -0.894. The molecular weight excluding hydrogens is 232 g/mol. The summed E-state index contributed by atoms with van der Waals surface area (Å²) in [6.45, 7) is 1.98. The van der Waals surface area contributed by atoms with Gasteiger partial charge in [0.2, 0.25) is 5.75 Å². The monoisotopic (exact) mass is 250 g/mol. The van der Waals surface area contributed by atoms with Crippen LogP contribution in [-0.2, 0) is 0 Å². The second-order valence-electron chi connectivity index (χ2n) is 4.12. The number of nitrogens with two attached hydrogens (primary N) is 1. The van der Waals surface area contributed by atoms with Crippen molar-refractivity contribution < 1.29 is 14.2 Å². The van der Waals surface area contributed by atoms with Crippen LogP contribution in [0.5, 0.6) is 17.2 Å². The van der Waals surface area contributed by atoms with Crippen molar-refractivity contribution in [3.8, 4) is 23.3 Å². The van der Waals surface area contributed by atoms with E-state index in [1.54, 1.807) is 33.3 Å². The highest BCUT2D eigenvalue weighted by molar-refractivity contribution is 5.51. The summed E-state index contributed by atoms with van der Waals surface area (Å²) in [6, 6.07) is 7.40. The number of rotatable bonds is 6. The minimum Gasteiger partial charge on any atom is -0.493 e. The molecule has 0 saturated heterocycles. The van der Waals surface area contributed by atoms with Gasteiger partial charge in [0.15, 0.2) is 11.5 Å². The molecule has 0 aliphatic heterocycles. The Balaban J connectivity index is 2.75. The predicted molar refractivity (Wildman–Crippen MR) is 67.9 cm³/mol. The molecule has 0 aromatic heterocycles. The van der Waals surface area contributed by atoms with E-state index in [1.807, 2.05) is 12.1 Å². The fraction of sp³-hybridized carbons (Fsp3) is 0.462. The first-order valence-electron chi connectivity index (χ1n) is 5.58. The molecular formula is C13H18N2O3. The standard InChI is InChI=1S/C13H18N2O3/c1-13(15,9-14)7-8-18-12-10(16-2)5-4-6-11(12)17-3/h4-6H,7-8,15H2,1-3H3. The molecule has 98 valence electrons. The first-order chi connectivity index (χ1) is 8.54. The molecule has 1 aromatic carbocycles. The SMILES string of the molecule is COc1cccc(OC)c1OCCC(C)(N)C#N. The van der Waals surface area contributed by atoms with Gasteiger partial charge in [-0.2, -0.15) is 5.26 Å². The summed E-state index contributed by atoms with van der Waals surface area (Å²) in [5.74, 6) is 1.70. The summed E-state index contributed by atoms with van der Waals surface area (Å²) in [7, 11) is 3.12. The number of ether oxygens (including phenoxy) is 3. The number of nitriles is 1. The Morgan fingerprint density at radius 1 is 1.28 bits per heavy atom. The highest BCUT2D eigenvalue weighted by Crippen LogP contribution is 2.36. The third kappa shape index (κ3) is 3.54. The van der Waals surface area contributed by atoms with Crippen molar-refractivity contribution in [2.75, 3.05) is 20.8 Å². The summed E-state index contributed by atoms with van der Waals surface area (Å²) in [5.41, 5.74) is 4.82. The van der Waals surface area contributed by atoms with Gasteiger partial charge in [0.1, 0.15) is 5.54 Å². The fourth-order valence-corrected chi connectivity index (χ4v) is 1.38. The molecule has 0 heterocycles. The van der Waals surface area contributed by atoms with E-state index in [0.717, 1.165) is 0 Å². The first kappa shape index (κ1) is 14.1. The molecule has 0 aliphatic carbocycles. The quantitative estimate of drug-likeness (QED) is 0.831. The van der Waals surface area contributed by atoms with E-state index in [0.29, 0.717) is 30.3 Å². The fourth-order valence-electron chi connectivity index (χ4n) is 1.38. The predicted octanol–water partition coefficient (Wildman–Crippen LogP) is 1.71. The third-order valence-corrected chi connectivity index (χ3v) is 2.51. The Morgan fingerprint density at radius 2 is 1.83 bits per heavy atom. The lowest BCUT2D eigenvalue weighted by Gasteiger charge is -2.18. The Kier molecular flexibility index (Phi) is 4.81. The molecule has 1 rings (SSSR count). The van der Waals surface area contributed by atoms with Gasteiger partial charge >= 0.3 is 0 Å². The van der Waals surface area contributed by atoms with E-state index in [9.17, 15) is 0 Å². The Bertz CT molecular complexity index is 416. The van der Waals surface area contributed by atoms with Gasteiger partial charge in [-0.1, -0.05) is 6.07 Å². The maximum Gasteiger partial charge on any atom is 0.203 e. The Labute approximate surface area is 107 Å². The van der Waals surface area contributed by atoms with Crippen molar-refractivity contribution >= 4 is 0 Å². The summed E-state index contributed by atoms with van der Waals surface area (Å²) in [5, 5.41) is 8.81. The Morgan fingerprint density at radius 3 is 2.28 bits per heavy atom. The number of hydrogen-bond acceptors (Lipinski definition) is 5. The van der Waals surface area contributed by atoms with Crippen LogP contribution in [0.2, 0.25) is 0 Å². The number of methoxy groups -OCH3 is 2. The lowest BCUT2D eigenvalue weighted by Crippen LogP contribution is -2.35. The van der Waals surface area contributed by atoms with Gasteiger partial charge < -0.3 is 19.9 Å². The maximum absolute atomic E-state index is 8.81. The molecule has 0 saturated carbocycles. The Hall–Kier alpha value is -1.93. The van der Waals surface area contributed by atoms with Crippen LogP contribution in [0.25, 0.3) is 0 Å². The molecule has 2 N–H and O–H groups in total. The zero-order chi connectivity index (χ0) is 13.6. The first-order valence-corrected chi connectivity index (χ1v) is 5.58. The van der Waals surface area contributed by atoms with Crippen molar-refractivity contribution in [3.63, 3.8) is 0 Å². The molecule has 0 spiro atoms. The molecule has 0 aliphatic rings. The lowest BCUT2D eigenvalue weighted by atomic mass is 10.0. The second-order valence-corrected chi connectivity index (χ2v) is 4.12. The smallest absolute Gasteiger partial charge is 0.203 e. The zero-order valence-corrected chi connectivity index (χ0v) is 10.9. The van der Waals surface area contributed by atoms with Crippen LogP contribution in [0, 0.1) is 11.3 Å². The van der Waals surface area contributed by atoms with Gasteiger partial charge in [-0.3, -0.25) is 0 Å². The summed E-state index contributed by atoms with van der Waals surface area (Å²) < 4.78 is 16.0. The minimum absolute atomic E-state index is 0.317. The van der Waals surface area contributed by atoms with Crippen LogP contribution in [0.4, 0.5) is 0 Å². The maximum atomic E-state index is 8.81. The van der Waals surface area contributed by atoms with E-state index >= 15 is 0 Å². The van der Waals surface area contributed by atoms with Crippen LogP contribution in [0.1, 0.15) is 13.3 Å². The van der Waals surface area contributed by atoms with E-state index in [4.69, 9.17) is 25.2 Å². The van der Waals surface area contributed by atoms with Gasteiger partial charge in [-0.15, -0.1) is 0 Å². The average Bonchev–Trinajstić information content (AvgIpc) is 2.38. The zero-order valence-electron chi connectivity index (χ0n) is 10.9. The molecule has 0 amide bonds. The van der Waals surface area contributed by atoms with Crippen LogP contribution in [0.3, 0.4) is 0 Å². The topological polar surface area (TPSA) is 77.5 Å². The van der Waals surface area contributed by atoms with Crippen LogP contribution >= 0.6 is 0 Å². The van der Waals surface area contributed by atoms with Crippen LogP contribution in [-0.4, -0.2) is 26.4 Å². The lowest BCUT2D eigenvalue weighted by molar-refractivity contribution is 0.255. The van der Waals surface area contributed by atoms with Crippen molar-refractivity contribution in [3.05, 3.63) is 18.2 Å². The second kappa shape index (κ2) is 6.12. The highest BCUT2D eigenvalue weighted by atomic mass is 16.5. The normalized spacial score (nSPS) is 13.3. The molecule has 0 bridgehead atoms.